The smallest absolute Gasteiger partial charge is 0.260 e. The summed E-state index contributed by atoms with van der Waals surface area (Å²) < 4.78 is 3.09. The Bertz CT molecular complexity index is 645. The number of amides is 1. The SMILES string of the molecule is Cc1c(C(=O)Nc2nn(C)cc2C#N)cnn1C. The molecule has 0 radical (unpaired) electrons. The molecule has 7 nitrogen and oxygen atoms in total. The minimum atomic E-state index is -0.323. The van der Waals surface area contributed by atoms with Crippen LogP contribution in [0.15, 0.2) is 12.4 Å². The Labute approximate surface area is 104 Å². The summed E-state index contributed by atoms with van der Waals surface area (Å²) in [5.41, 5.74) is 1.54. The topological polar surface area (TPSA) is 88.5 Å². The molecule has 2 aromatic heterocycles. The summed E-state index contributed by atoms with van der Waals surface area (Å²) >= 11 is 0. The van der Waals surface area contributed by atoms with Gasteiger partial charge in [-0.15, -0.1) is 0 Å². The molecule has 0 aromatic carbocycles. The van der Waals surface area contributed by atoms with Crippen LogP contribution in [-0.4, -0.2) is 25.5 Å². The molecule has 92 valence electrons. The first kappa shape index (κ1) is 11.9. The van der Waals surface area contributed by atoms with Crippen LogP contribution < -0.4 is 5.32 Å². The molecule has 0 aliphatic heterocycles. The minimum absolute atomic E-state index is 0.258. The second-order valence-corrected chi connectivity index (χ2v) is 3.90. The summed E-state index contributed by atoms with van der Waals surface area (Å²) in [5.74, 6) is -0.0657. The number of carbonyl (C=O) groups is 1. The maximum Gasteiger partial charge on any atom is 0.260 e. The van der Waals surface area contributed by atoms with E-state index in [1.54, 1.807) is 31.9 Å². The number of nitrogens with zero attached hydrogens (tertiary/aromatic N) is 5. The van der Waals surface area contributed by atoms with Gasteiger partial charge in [0.25, 0.3) is 5.91 Å². The Balaban J connectivity index is 2.27. The highest BCUT2D eigenvalue weighted by molar-refractivity contribution is 6.04. The summed E-state index contributed by atoms with van der Waals surface area (Å²) in [6.45, 7) is 1.80. The lowest BCUT2D eigenvalue weighted by Gasteiger charge is -2.01. The Hall–Kier alpha value is -2.62. The van der Waals surface area contributed by atoms with E-state index in [4.69, 9.17) is 5.26 Å². The first-order valence-electron chi connectivity index (χ1n) is 5.26. The van der Waals surface area contributed by atoms with Crippen molar-refractivity contribution in [3.8, 4) is 6.07 Å². The highest BCUT2D eigenvalue weighted by Gasteiger charge is 2.16. The molecule has 0 atom stereocenters. The van der Waals surface area contributed by atoms with E-state index in [-0.39, 0.29) is 11.7 Å². The quantitative estimate of drug-likeness (QED) is 0.837. The molecule has 2 rings (SSSR count). The van der Waals surface area contributed by atoms with Gasteiger partial charge in [-0.3, -0.25) is 14.2 Å². The van der Waals surface area contributed by atoms with E-state index in [9.17, 15) is 4.79 Å². The summed E-state index contributed by atoms with van der Waals surface area (Å²) in [4.78, 5) is 12.0. The zero-order chi connectivity index (χ0) is 13.3. The molecular formula is C11H12N6O. The number of anilines is 1. The fraction of sp³-hybridized carbons (Fsp3) is 0.273. The van der Waals surface area contributed by atoms with Gasteiger partial charge >= 0.3 is 0 Å². The first-order valence-corrected chi connectivity index (χ1v) is 5.26. The molecule has 0 fully saturated rings. The standard InChI is InChI=1S/C11H12N6O/c1-7-9(5-13-17(7)3)11(18)14-10-8(4-12)6-16(2)15-10/h5-6H,1-3H3,(H,14,15,18). The number of rotatable bonds is 2. The average Bonchev–Trinajstić information content (AvgIpc) is 2.84. The van der Waals surface area contributed by atoms with Crippen LogP contribution in [0, 0.1) is 18.3 Å². The Morgan fingerprint density at radius 1 is 1.50 bits per heavy atom. The van der Waals surface area contributed by atoms with Gasteiger partial charge in [-0.25, -0.2) is 0 Å². The van der Waals surface area contributed by atoms with Gasteiger partial charge in [-0.1, -0.05) is 0 Å². The van der Waals surface area contributed by atoms with E-state index in [1.807, 2.05) is 6.07 Å². The van der Waals surface area contributed by atoms with Crippen LogP contribution in [0.2, 0.25) is 0 Å². The maximum atomic E-state index is 12.0. The largest absolute Gasteiger partial charge is 0.304 e. The summed E-state index contributed by atoms with van der Waals surface area (Å²) in [6.07, 6.45) is 3.03. The van der Waals surface area contributed by atoms with Crippen molar-refractivity contribution in [2.24, 2.45) is 14.1 Å². The zero-order valence-corrected chi connectivity index (χ0v) is 10.3. The number of hydrogen-bond donors (Lipinski definition) is 1. The van der Waals surface area contributed by atoms with Gasteiger partial charge in [-0.05, 0) is 6.92 Å². The molecule has 2 heterocycles. The van der Waals surface area contributed by atoms with Crippen molar-refractivity contribution in [2.75, 3.05) is 5.32 Å². The van der Waals surface area contributed by atoms with Crippen molar-refractivity contribution < 1.29 is 4.79 Å². The van der Waals surface area contributed by atoms with Crippen molar-refractivity contribution in [2.45, 2.75) is 6.92 Å². The van der Waals surface area contributed by atoms with Gasteiger partial charge in [0.05, 0.1) is 11.8 Å². The predicted molar refractivity (Wildman–Crippen MR) is 63.8 cm³/mol. The Morgan fingerprint density at radius 3 is 2.78 bits per heavy atom. The van der Waals surface area contributed by atoms with Gasteiger partial charge < -0.3 is 5.32 Å². The molecule has 18 heavy (non-hydrogen) atoms. The van der Waals surface area contributed by atoms with E-state index >= 15 is 0 Å². The van der Waals surface area contributed by atoms with Gasteiger partial charge in [0.1, 0.15) is 11.6 Å². The van der Waals surface area contributed by atoms with Crippen LogP contribution in [0.3, 0.4) is 0 Å². The maximum absolute atomic E-state index is 12.0. The number of nitrogens with one attached hydrogen (secondary N) is 1. The Kier molecular flexibility index (Phi) is 2.85. The van der Waals surface area contributed by atoms with Crippen LogP contribution in [0.5, 0.6) is 0 Å². The third-order valence-electron chi connectivity index (χ3n) is 2.66. The molecule has 0 saturated heterocycles. The fourth-order valence-electron chi connectivity index (χ4n) is 1.56. The van der Waals surface area contributed by atoms with Crippen molar-refractivity contribution in [3.05, 3.63) is 29.2 Å². The molecule has 0 aliphatic carbocycles. The summed E-state index contributed by atoms with van der Waals surface area (Å²) in [6, 6.07) is 1.97. The molecule has 0 bridgehead atoms. The van der Waals surface area contributed by atoms with E-state index in [2.05, 4.69) is 15.5 Å². The third kappa shape index (κ3) is 1.96. The van der Waals surface area contributed by atoms with Gasteiger partial charge in [0.15, 0.2) is 5.82 Å². The lowest BCUT2D eigenvalue weighted by molar-refractivity contribution is 0.102. The number of aryl methyl sites for hydroxylation is 2. The van der Waals surface area contributed by atoms with Crippen LogP contribution in [0.1, 0.15) is 21.6 Å². The molecule has 0 unspecified atom stereocenters. The fourth-order valence-corrected chi connectivity index (χ4v) is 1.56. The second kappa shape index (κ2) is 4.33. The van der Waals surface area contributed by atoms with Crippen LogP contribution in [0.25, 0.3) is 0 Å². The van der Waals surface area contributed by atoms with E-state index in [1.165, 1.54) is 10.9 Å². The van der Waals surface area contributed by atoms with Crippen LogP contribution >= 0.6 is 0 Å². The van der Waals surface area contributed by atoms with E-state index in [0.29, 0.717) is 11.1 Å². The molecule has 7 heteroatoms. The molecule has 2 aromatic rings. The predicted octanol–water partition coefficient (Wildman–Crippen LogP) is 0.586. The molecule has 1 amide bonds. The Morgan fingerprint density at radius 2 is 2.22 bits per heavy atom. The van der Waals surface area contributed by atoms with Gasteiger partial charge in [-0.2, -0.15) is 15.5 Å². The number of carbonyl (C=O) groups excluding carboxylic acids is 1. The van der Waals surface area contributed by atoms with Gasteiger partial charge in [0, 0.05) is 26.0 Å². The normalized spacial score (nSPS) is 10.1. The van der Waals surface area contributed by atoms with Crippen molar-refractivity contribution in [1.82, 2.24) is 19.6 Å². The van der Waals surface area contributed by atoms with Crippen molar-refractivity contribution >= 4 is 11.7 Å². The molecule has 1 N–H and O–H groups in total. The minimum Gasteiger partial charge on any atom is -0.304 e. The van der Waals surface area contributed by atoms with Crippen molar-refractivity contribution in [3.63, 3.8) is 0 Å². The summed E-state index contributed by atoms with van der Waals surface area (Å²) in [7, 11) is 3.44. The van der Waals surface area contributed by atoms with Gasteiger partial charge in [0.2, 0.25) is 0 Å². The van der Waals surface area contributed by atoms with E-state index in [0.717, 1.165) is 5.69 Å². The molecule has 0 spiro atoms. The number of nitriles is 1. The van der Waals surface area contributed by atoms with E-state index < -0.39 is 0 Å². The third-order valence-corrected chi connectivity index (χ3v) is 2.66. The molecule has 0 saturated carbocycles. The number of hydrogen-bond acceptors (Lipinski definition) is 4. The zero-order valence-electron chi connectivity index (χ0n) is 10.3. The number of aromatic nitrogens is 4. The highest BCUT2D eigenvalue weighted by Crippen LogP contribution is 2.13. The molecule has 0 aliphatic rings. The van der Waals surface area contributed by atoms with Crippen LogP contribution in [0.4, 0.5) is 5.82 Å². The first-order chi connectivity index (χ1) is 8.52. The lowest BCUT2D eigenvalue weighted by Crippen LogP contribution is -2.14. The monoisotopic (exact) mass is 244 g/mol. The summed E-state index contributed by atoms with van der Waals surface area (Å²) in [5, 5.41) is 19.5. The molecular weight excluding hydrogens is 232 g/mol. The average molecular weight is 244 g/mol. The van der Waals surface area contributed by atoms with Crippen LogP contribution in [-0.2, 0) is 14.1 Å². The highest BCUT2D eigenvalue weighted by atomic mass is 16.1. The van der Waals surface area contributed by atoms with Crippen molar-refractivity contribution in [1.29, 1.82) is 5.26 Å². The lowest BCUT2D eigenvalue weighted by atomic mass is 10.2. The second-order valence-electron chi connectivity index (χ2n) is 3.90.